The minimum atomic E-state index is -0.543. The number of hydrogen-bond donors (Lipinski definition) is 2. The number of amides is 1. The van der Waals surface area contributed by atoms with Gasteiger partial charge in [0.1, 0.15) is 11.4 Å². The van der Waals surface area contributed by atoms with E-state index in [9.17, 15) is 4.79 Å². The monoisotopic (exact) mass is 200 g/mol. The second kappa shape index (κ2) is 5.62. The fourth-order valence-corrected chi connectivity index (χ4v) is 0.843. The molecule has 0 aliphatic heterocycles. The van der Waals surface area contributed by atoms with Crippen molar-refractivity contribution in [1.82, 2.24) is 5.32 Å². The molecule has 0 spiro atoms. The number of alkyl carbamates (subject to hydrolysis) is 1. The Morgan fingerprint density at radius 1 is 1.43 bits per heavy atom. The summed E-state index contributed by atoms with van der Waals surface area (Å²) in [7, 11) is 0. The number of rotatable bonds is 3. The highest BCUT2D eigenvalue weighted by Gasteiger charge is 2.16. The third kappa shape index (κ3) is 7.58. The fraction of sp³-hybridized carbons (Fsp3) is 0.800. The maximum absolute atomic E-state index is 11.2. The minimum absolute atomic E-state index is 0.223. The van der Waals surface area contributed by atoms with Gasteiger partial charge in [-0.2, -0.15) is 0 Å². The Labute approximate surface area is 85.5 Å². The Bertz CT molecular complexity index is 207. The molecule has 0 aromatic heterocycles. The maximum Gasteiger partial charge on any atom is 0.413 e. The van der Waals surface area contributed by atoms with Crippen LogP contribution in [0.3, 0.4) is 0 Å². The van der Waals surface area contributed by atoms with Gasteiger partial charge in [0.15, 0.2) is 0 Å². The van der Waals surface area contributed by atoms with Gasteiger partial charge >= 0.3 is 6.09 Å². The highest BCUT2D eigenvalue weighted by atomic mass is 16.6. The van der Waals surface area contributed by atoms with Gasteiger partial charge in [0.2, 0.25) is 0 Å². The van der Waals surface area contributed by atoms with Crippen LogP contribution in [0.5, 0.6) is 0 Å². The lowest BCUT2D eigenvalue weighted by atomic mass is 10.2. The molecule has 4 heteroatoms. The molecule has 0 saturated carbocycles. The molecule has 0 saturated heterocycles. The van der Waals surface area contributed by atoms with E-state index >= 15 is 0 Å². The quantitative estimate of drug-likeness (QED) is 0.543. The van der Waals surface area contributed by atoms with Crippen molar-refractivity contribution in [3.63, 3.8) is 0 Å². The number of hydrogen-bond acceptors (Lipinski definition) is 3. The largest absolute Gasteiger partial charge is 0.444 e. The summed E-state index contributed by atoms with van der Waals surface area (Å²) in [5.74, 6) is 0.223. The lowest BCUT2D eigenvalue weighted by molar-refractivity contribution is 0.0562. The average molecular weight is 200 g/mol. The predicted molar refractivity (Wildman–Crippen MR) is 56.6 cm³/mol. The predicted octanol–water partition coefficient (Wildman–Crippen LogP) is 2.68. The van der Waals surface area contributed by atoms with Crippen LogP contribution in [0.4, 0.5) is 4.79 Å². The van der Waals surface area contributed by atoms with Crippen molar-refractivity contribution in [1.29, 1.82) is 5.41 Å². The van der Waals surface area contributed by atoms with E-state index in [-0.39, 0.29) is 5.84 Å². The van der Waals surface area contributed by atoms with Crippen LogP contribution in [0.1, 0.15) is 47.0 Å². The summed E-state index contributed by atoms with van der Waals surface area (Å²) >= 11 is 0. The van der Waals surface area contributed by atoms with E-state index in [1.807, 2.05) is 6.92 Å². The Morgan fingerprint density at radius 3 is 2.43 bits per heavy atom. The molecule has 0 heterocycles. The maximum atomic E-state index is 11.2. The van der Waals surface area contributed by atoms with E-state index in [1.54, 1.807) is 20.8 Å². The second-order valence-electron chi connectivity index (χ2n) is 4.21. The van der Waals surface area contributed by atoms with Gasteiger partial charge < -0.3 is 4.74 Å². The van der Waals surface area contributed by atoms with Crippen LogP contribution in [-0.4, -0.2) is 17.5 Å². The van der Waals surface area contributed by atoms with Gasteiger partial charge in [-0.25, -0.2) is 4.79 Å². The molecule has 82 valence electrons. The number of ether oxygens (including phenoxy) is 1. The zero-order chi connectivity index (χ0) is 11.2. The number of amidine groups is 1. The third-order valence-corrected chi connectivity index (χ3v) is 1.43. The topological polar surface area (TPSA) is 62.2 Å². The molecule has 0 aliphatic carbocycles. The van der Waals surface area contributed by atoms with Crippen LogP contribution in [-0.2, 0) is 4.74 Å². The molecule has 0 fully saturated rings. The van der Waals surface area contributed by atoms with Gasteiger partial charge in [-0.05, 0) is 27.2 Å². The summed E-state index contributed by atoms with van der Waals surface area (Å²) < 4.78 is 5.00. The molecular formula is C10H20N2O2. The molecule has 0 atom stereocenters. The van der Waals surface area contributed by atoms with Crippen LogP contribution in [0.15, 0.2) is 0 Å². The van der Waals surface area contributed by atoms with Crippen LogP contribution in [0.25, 0.3) is 0 Å². The smallest absolute Gasteiger partial charge is 0.413 e. The Morgan fingerprint density at radius 2 is 2.00 bits per heavy atom. The summed E-state index contributed by atoms with van der Waals surface area (Å²) in [5.41, 5.74) is -0.505. The van der Waals surface area contributed by atoms with E-state index in [4.69, 9.17) is 10.1 Å². The molecule has 0 aromatic carbocycles. The SMILES string of the molecule is CCCCC(=N)NC(=O)OC(C)(C)C. The first-order valence-electron chi connectivity index (χ1n) is 4.92. The van der Waals surface area contributed by atoms with Gasteiger partial charge in [0, 0.05) is 6.42 Å². The Balaban J connectivity index is 3.78. The van der Waals surface area contributed by atoms with Crippen LogP contribution < -0.4 is 5.32 Å². The summed E-state index contributed by atoms with van der Waals surface area (Å²) in [6, 6.07) is 0. The van der Waals surface area contributed by atoms with Crippen molar-refractivity contribution < 1.29 is 9.53 Å². The Kier molecular flexibility index (Phi) is 5.20. The van der Waals surface area contributed by atoms with Crippen molar-refractivity contribution in [3.8, 4) is 0 Å². The van der Waals surface area contributed by atoms with Gasteiger partial charge in [-0.3, -0.25) is 10.7 Å². The molecule has 0 aromatic rings. The Hall–Kier alpha value is -1.06. The molecule has 4 nitrogen and oxygen atoms in total. The van der Waals surface area contributed by atoms with Crippen molar-refractivity contribution in [3.05, 3.63) is 0 Å². The summed E-state index contributed by atoms with van der Waals surface area (Å²) in [6.45, 7) is 7.42. The van der Waals surface area contributed by atoms with E-state index in [0.717, 1.165) is 12.8 Å². The number of carbonyl (C=O) groups is 1. The fourth-order valence-electron chi connectivity index (χ4n) is 0.843. The van der Waals surface area contributed by atoms with E-state index in [1.165, 1.54) is 0 Å². The molecule has 0 unspecified atom stereocenters. The molecule has 0 rings (SSSR count). The van der Waals surface area contributed by atoms with Crippen LogP contribution in [0.2, 0.25) is 0 Å². The van der Waals surface area contributed by atoms with Crippen molar-refractivity contribution in [2.24, 2.45) is 0 Å². The number of carbonyl (C=O) groups excluding carboxylic acids is 1. The van der Waals surface area contributed by atoms with Gasteiger partial charge in [-0.15, -0.1) is 0 Å². The van der Waals surface area contributed by atoms with Crippen LogP contribution in [0, 0.1) is 5.41 Å². The minimum Gasteiger partial charge on any atom is -0.444 e. The zero-order valence-electron chi connectivity index (χ0n) is 9.44. The lowest BCUT2D eigenvalue weighted by Gasteiger charge is -2.19. The molecule has 0 radical (unpaired) electrons. The van der Waals surface area contributed by atoms with Crippen molar-refractivity contribution >= 4 is 11.9 Å². The van der Waals surface area contributed by atoms with Crippen molar-refractivity contribution in [2.75, 3.05) is 0 Å². The number of nitrogens with one attached hydrogen (secondary N) is 2. The van der Waals surface area contributed by atoms with E-state index in [2.05, 4.69) is 5.32 Å². The average Bonchev–Trinajstić information content (AvgIpc) is 1.96. The summed E-state index contributed by atoms with van der Waals surface area (Å²) in [6.07, 6.45) is 1.97. The molecule has 2 N–H and O–H groups in total. The second-order valence-corrected chi connectivity index (χ2v) is 4.21. The molecule has 14 heavy (non-hydrogen) atoms. The lowest BCUT2D eigenvalue weighted by Crippen LogP contribution is -2.35. The molecular weight excluding hydrogens is 180 g/mol. The highest BCUT2D eigenvalue weighted by Crippen LogP contribution is 2.06. The van der Waals surface area contributed by atoms with Gasteiger partial charge in [-0.1, -0.05) is 13.3 Å². The van der Waals surface area contributed by atoms with E-state index < -0.39 is 11.7 Å². The first kappa shape index (κ1) is 12.9. The zero-order valence-corrected chi connectivity index (χ0v) is 9.44. The van der Waals surface area contributed by atoms with E-state index in [0.29, 0.717) is 6.42 Å². The first-order valence-corrected chi connectivity index (χ1v) is 4.92. The van der Waals surface area contributed by atoms with Crippen molar-refractivity contribution in [2.45, 2.75) is 52.6 Å². The third-order valence-electron chi connectivity index (χ3n) is 1.43. The van der Waals surface area contributed by atoms with Gasteiger partial charge in [0.05, 0.1) is 0 Å². The first-order chi connectivity index (χ1) is 6.35. The van der Waals surface area contributed by atoms with Crippen LogP contribution >= 0.6 is 0 Å². The molecule has 0 aliphatic rings. The summed E-state index contributed by atoms with van der Waals surface area (Å²) in [4.78, 5) is 11.2. The highest BCUT2D eigenvalue weighted by molar-refractivity contribution is 5.93. The standard InChI is InChI=1S/C10H20N2O2/c1-5-6-7-8(11)12-9(13)14-10(2,3)4/h5-7H2,1-4H3,(H2,11,12,13). The summed E-state index contributed by atoms with van der Waals surface area (Å²) in [5, 5.41) is 9.81. The van der Waals surface area contributed by atoms with Gasteiger partial charge in [0.25, 0.3) is 0 Å². The number of unbranched alkanes of at least 4 members (excludes halogenated alkanes) is 1. The normalized spacial score (nSPS) is 10.9. The molecule has 1 amide bonds. The molecule has 0 bridgehead atoms.